The van der Waals surface area contributed by atoms with E-state index in [0.717, 1.165) is 24.3 Å². The van der Waals surface area contributed by atoms with Crippen LogP contribution >= 0.6 is 11.6 Å². The number of hydrogen-bond acceptors (Lipinski definition) is 1. The molecule has 2 rings (SSSR count). The van der Waals surface area contributed by atoms with Gasteiger partial charge in [-0.05, 0) is 35.9 Å². The second-order valence-electron chi connectivity index (χ2n) is 3.97. The van der Waals surface area contributed by atoms with Gasteiger partial charge in [0.05, 0.1) is 10.6 Å². The summed E-state index contributed by atoms with van der Waals surface area (Å²) in [6, 6.07) is 6.43. The summed E-state index contributed by atoms with van der Waals surface area (Å²) in [6.45, 7) is 0. The minimum Gasteiger partial charge on any atom is -0.294 e. The Kier molecular flexibility index (Phi) is 3.90. The molecular formula is C14H8ClF3O. The van der Waals surface area contributed by atoms with Gasteiger partial charge in [0.1, 0.15) is 17.5 Å². The fourth-order valence-corrected chi connectivity index (χ4v) is 1.84. The first-order valence-corrected chi connectivity index (χ1v) is 5.77. The van der Waals surface area contributed by atoms with Crippen LogP contribution in [-0.2, 0) is 6.42 Å². The Morgan fingerprint density at radius 1 is 1.00 bits per heavy atom. The summed E-state index contributed by atoms with van der Waals surface area (Å²) in [6.07, 6.45) is -0.180. The molecule has 2 aromatic carbocycles. The average molecular weight is 285 g/mol. The zero-order valence-corrected chi connectivity index (χ0v) is 10.3. The van der Waals surface area contributed by atoms with Gasteiger partial charge in [0.2, 0.25) is 0 Å². The van der Waals surface area contributed by atoms with Crippen LogP contribution in [0.5, 0.6) is 0 Å². The van der Waals surface area contributed by atoms with Gasteiger partial charge in [-0.15, -0.1) is 0 Å². The fraction of sp³-hybridized carbons (Fsp3) is 0.0714. The Labute approximate surface area is 112 Å². The molecule has 0 saturated heterocycles. The van der Waals surface area contributed by atoms with Gasteiger partial charge in [-0.2, -0.15) is 0 Å². The lowest BCUT2D eigenvalue weighted by Crippen LogP contribution is -2.07. The average Bonchev–Trinajstić information content (AvgIpc) is 2.36. The van der Waals surface area contributed by atoms with Crippen LogP contribution in [0, 0.1) is 17.5 Å². The van der Waals surface area contributed by atoms with Crippen LogP contribution < -0.4 is 0 Å². The number of ketones is 1. The quantitative estimate of drug-likeness (QED) is 0.773. The Bertz CT molecular complexity index is 641. The molecule has 0 atom stereocenters. The third kappa shape index (κ3) is 3.15. The molecule has 19 heavy (non-hydrogen) atoms. The maximum atomic E-state index is 13.4. The lowest BCUT2D eigenvalue weighted by molar-refractivity contribution is 0.0988. The summed E-state index contributed by atoms with van der Waals surface area (Å²) in [4.78, 5) is 11.8. The summed E-state index contributed by atoms with van der Waals surface area (Å²) in [7, 11) is 0. The molecule has 0 saturated carbocycles. The molecule has 0 radical (unpaired) electrons. The highest BCUT2D eigenvalue weighted by Gasteiger charge is 2.14. The minimum absolute atomic E-state index is 0.120. The maximum Gasteiger partial charge on any atom is 0.170 e. The van der Waals surface area contributed by atoms with Crippen molar-refractivity contribution in [3.63, 3.8) is 0 Å². The molecule has 0 amide bonds. The van der Waals surface area contributed by atoms with Crippen molar-refractivity contribution in [3.05, 3.63) is 70.0 Å². The molecule has 0 aliphatic rings. The van der Waals surface area contributed by atoms with Crippen molar-refractivity contribution in [1.82, 2.24) is 0 Å². The van der Waals surface area contributed by atoms with E-state index >= 15 is 0 Å². The highest BCUT2D eigenvalue weighted by atomic mass is 35.5. The molecule has 2 aromatic rings. The fourth-order valence-electron chi connectivity index (χ4n) is 1.64. The Morgan fingerprint density at radius 3 is 2.37 bits per heavy atom. The Balaban J connectivity index is 2.25. The van der Waals surface area contributed by atoms with Gasteiger partial charge in [0.25, 0.3) is 0 Å². The van der Waals surface area contributed by atoms with Crippen molar-refractivity contribution in [1.29, 1.82) is 0 Å². The second-order valence-corrected chi connectivity index (χ2v) is 4.38. The van der Waals surface area contributed by atoms with Gasteiger partial charge in [0.15, 0.2) is 5.78 Å². The third-order valence-corrected chi connectivity index (χ3v) is 2.87. The van der Waals surface area contributed by atoms with Crippen molar-refractivity contribution < 1.29 is 18.0 Å². The van der Waals surface area contributed by atoms with Crippen molar-refractivity contribution >= 4 is 17.4 Å². The molecule has 0 aliphatic heterocycles. The molecule has 0 spiro atoms. The summed E-state index contributed by atoms with van der Waals surface area (Å²) in [5.41, 5.74) is 0.0977. The summed E-state index contributed by atoms with van der Waals surface area (Å²) >= 11 is 5.58. The smallest absolute Gasteiger partial charge is 0.170 e. The normalized spacial score (nSPS) is 10.5. The van der Waals surface area contributed by atoms with Crippen LogP contribution in [0.4, 0.5) is 13.2 Å². The largest absolute Gasteiger partial charge is 0.294 e. The molecule has 0 bridgehead atoms. The zero-order chi connectivity index (χ0) is 14.0. The number of benzene rings is 2. The van der Waals surface area contributed by atoms with Gasteiger partial charge in [-0.3, -0.25) is 4.79 Å². The molecule has 0 fully saturated rings. The lowest BCUT2D eigenvalue weighted by atomic mass is 10.0. The summed E-state index contributed by atoms with van der Waals surface area (Å²) in [5.74, 6) is -2.68. The molecule has 5 heteroatoms. The van der Waals surface area contributed by atoms with Gasteiger partial charge < -0.3 is 0 Å². The molecule has 0 aromatic heterocycles. The van der Waals surface area contributed by atoms with Gasteiger partial charge in [0, 0.05) is 6.42 Å². The molecule has 98 valence electrons. The Morgan fingerprint density at radius 2 is 1.68 bits per heavy atom. The van der Waals surface area contributed by atoms with Crippen LogP contribution in [0.1, 0.15) is 15.9 Å². The highest BCUT2D eigenvalue weighted by molar-refractivity contribution is 6.30. The van der Waals surface area contributed by atoms with Crippen LogP contribution in [0.3, 0.4) is 0 Å². The number of hydrogen-bond donors (Lipinski definition) is 0. The number of carbonyl (C=O) groups excluding carboxylic acids is 1. The van der Waals surface area contributed by atoms with Crippen molar-refractivity contribution in [2.75, 3.05) is 0 Å². The van der Waals surface area contributed by atoms with Crippen LogP contribution in [0.25, 0.3) is 0 Å². The van der Waals surface area contributed by atoms with Gasteiger partial charge in [-0.25, -0.2) is 13.2 Å². The first kappa shape index (κ1) is 13.6. The first-order chi connectivity index (χ1) is 8.97. The Hall–Kier alpha value is -1.81. The van der Waals surface area contributed by atoms with E-state index in [2.05, 4.69) is 0 Å². The van der Waals surface area contributed by atoms with Crippen LogP contribution in [-0.4, -0.2) is 5.78 Å². The molecule has 0 N–H and O–H groups in total. The first-order valence-electron chi connectivity index (χ1n) is 5.39. The molecular weight excluding hydrogens is 277 g/mol. The van der Waals surface area contributed by atoms with E-state index in [0.29, 0.717) is 5.56 Å². The van der Waals surface area contributed by atoms with Gasteiger partial charge in [-0.1, -0.05) is 17.7 Å². The third-order valence-electron chi connectivity index (χ3n) is 2.58. The SMILES string of the molecule is O=C(Cc1ccc(F)c(Cl)c1)c1cc(F)ccc1F. The summed E-state index contributed by atoms with van der Waals surface area (Å²) in [5, 5.41) is -0.120. The highest BCUT2D eigenvalue weighted by Crippen LogP contribution is 2.18. The summed E-state index contributed by atoms with van der Waals surface area (Å²) < 4.78 is 39.3. The molecule has 1 nitrogen and oxygen atoms in total. The van der Waals surface area contributed by atoms with E-state index in [4.69, 9.17) is 11.6 Å². The predicted octanol–water partition coefficient (Wildman–Crippen LogP) is 4.18. The molecule has 0 aliphatic carbocycles. The van der Waals surface area contributed by atoms with E-state index in [1.807, 2.05) is 0 Å². The van der Waals surface area contributed by atoms with Gasteiger partial charge >= 0.3 is 0 Å². The standard InChI is InChI=1S/C14H8ClF3O/c15-11-5-8(1-3-13(11)18)6-14(19)10-7-9(16)2-4-12(10)17/h1-5,7H,6H2. The topological polar surface area (TPSA) is 17.1 Å². The van der Waals surface area contributed by atoms with Crippen molar-refractivity contribution in [2.45, 2.75) is 6.42 Å². The van der Waals surface area contributed by atoms with E-state index in [1.54, 1.807) is 0 Å². The predicted molar refractivity (Wildman–Crippen MR) is 65.8 cm³/mol. The molecule has 0 unspecified atom stereocenters. The van der Waals surface area contributed by atoms with Crippen LogP contribution in [0.2, 0.25) is 5.02 Å². The van der Waals surface area contributed by atoms with Crippen molar-refractivity contribution in [3.8, 4) is 0 Å². The van der Waals surface area contributed by atoms with Crippen LogP contribution in [0.15, 0.2) is 36.4 Å². The van der Waals surface area contributed by atoms with Crippen molar-refractivity contribution in [2.24, 2.45) is 0 Å². The number of halogens is 4. The van der Waals surface area contributed by atoms with E-state index < -0.39 is 23.2 Å². The van der Waals surface area contributed by atoms with E-state index in [1.165, 1.54) is 12.1 Å². The molecule has 0 heterocycles. The number of carbonyl (C=O) groups is 1. The maximum absolute atomic E-state index is 13.4. The number of rotatable bonds is 3. The number of Topliss-reactive ketones (excluding diaryl/α,β-unsaturated/α-hetero) is 1. The van der Waals surface area contributed by atoms with E-state index in [-0.39, 0.29) is 17.0 Å². The minimum atomic E-state index is -0.792. The van der Waals surface area contributed by atoms with E-state index in [9.17, 15) is 18.0 Å². The monoisotopic (exact) mass is 284 g/mol. The second kappa shape index (κ2) is 5.45. The lowest BCUT2D eigenvalue weighted by Gasteiger charge is -2.04. The zero-order valence-electron chi connectivity index (χ0n) is 9.59.